The molecule has 3 rings (SSSR count). The first-order chi connectivity index (χ1) is 9.72. The topological polar surface area (TPSA) is 72.0 Å². The summed E-state index contributed by atoms with van der Waals surface area (Å²) < 4.78 is 5.20. The maximum absolute atomic E-state index is 9.39. The van der Waals surface area contributed by atoms with Crippen molar-refractivity contribution < 1.29 is 9.63 Å². The molecule has 0 aliphatic rings. The summed E-state index contributed by atoms with van der Waals surface area (Å²) in [7, 11) is 0. The van der Waals surface area contributed by atoms with Gasteiger partial charge in [-0.25, -0.2) is 0 Å². The van der Waals surface area contributed by atoms with Crippen molar-refractivity contribution >= 4 is 11.6 Å². The van der Waals surface area contributed by atoms with Crippen molar-refractivity contribution in [3.05, 3.63) is 59.1 Å². The summed E-state index contributed by atoms with van der Waals surface area (Å²) in [5.74, 6) is 0.971. The number of rotatable bonds is 3. The minimum atomic E-state index is 0.0203. The van der Waals surface area contributed by atoms with E-state index < -0.39 is 0 Å². The Kier molecular flexibility index (Phi) is 3.35. The van der Waals surface area contributed by atoms with Crippen molar-refractivity contribution in [1.29, 1.82) is 0 Å². The molecule has 20 heavy (non-hydrogen) atoms. The van der Waals surface area contributed by atoms with Gasteiger partial charge in [-0.1, -0.05) is 16.8 Å². The summed E-state index contributed by atoms with van der Waals surface area (Å²) in [6.45, 7) is 0. The molecule has 0 spiro atoms. The van der Waals surface area contributed by atoms with Gasteiger partial charge in [0.1, 0.15) is 5.75 Å². The zero-order valence-corrected chi connectivity index (χ0v) is 11.1. The molecule has 0 aliphatic carbocycles. The van der Waals surface area contributed by atoms with Crippen LogP contribution < -0.4 is 0 Å². The number of benzene rings is 1. The highest BCUT2D eigenvalue weighted by molar-refractivity contribution is 6.32. The van der Waals surface area contributed by atoms with Gasteiger partial charge in [-0.2, -0.15) is 4.98 Å². The number of hydrogen-bond donors (Lipinski definition) is 1. The Morgan fingerprint density at radius 2 is 1.95 bits per heavy atom. The highest BCUT2D eigenvalue weighted by Gasteiger charge is 2.11. The molecule has 0 saturated carbocycles. The molecule has 0 unspecified atom stereocenters. The largest absolute Gasteiger partial charge is 0.506 e. The molecule has 2 aromatic heterocycles. The number of hydrogen-bond acceptors (Lipinski definition) is 5. The van der Waals surface area contributed by atoms with Crippen molar-refractivity contribution in [1.82, 2.24) is 15.1 Å². The lowest BCUT2D eigenvalue weighted by molar-refractivity contribution is 0.423. The second kappa shape index (κ2) is 5.30. The normalized spacial score (nSPS) is 10.7. The Bertz CT molecular complexity index is 728. The fourth-order valence-electron chi connectivity index (χ4n) is 1.77. The zero-order chi connectivity index (χ0) is 13.9. The standard InChI is InChI=1S/C14H10ClN3O2/c15-11-8-10(1-2-12(11)19)14-17-13(18-20-14)7-9-3-5-16-6-4-9/h1-6,8,19H,7H2. The monoisotopic (exact) mass is 287 g/mol. The molecule has 0 amide bonds. The van der Waals surface area contributed by atoms with Crippen LogP contribution in [0.15, 0.2) is 47.2 Å². The summed E-state index contributed by atoms with van der Waals surface area (Å²) in [5.41, 5.74) is 1.72. The Balaban J connectivity index is 1.84. The summed E-state index contributed by atoms with van der Waals surface area (Å²) in [4.78, 5) is 8.26. The predicted octanol–water partition coefficient (Wildman–Crippen LogP) is 3.08. The lowest BCUT2D eigenvalue weighted by atomic mass is 10.2. The number of pyridine rings is 1. The van der Waals surface area contributed by atoms with E-state index in [4.69, 9.17) is 16.1 Å². The SMILES string of the molecule is Oc1ccc(-c2nc(Cc3ccncc3)no2)cc1Cl. The summed E-state index contributed by atoms with van der Waals surface area (Å²) >= 11 is 5.85. The van der Waals surface area contributed by atoms with Gasteiger partial charge in [-0.05, 0) is 35.9 Å². The fourth-order valence-corrected chi connectivity index (χ4v) is 1.95. The van der Waals surface area contributed by atoms with E-state index in [1.807, 2.05) is 12.1 Å². The van der Waals surface area contributed by atoms with Crippen LogP contribution in [0, 0.1) is 0 Å². The van der Waals surface area contributed by atoms with E-state index in [1.54, 1.807) is 24.5 Å². The minimum Gasteiger partial charge on any atom is -0.506 e. The molecule has 0 atom stereocenters. The van der Waals surface area contributed by atoms with Crippen LogP contribution in [-0.4, -0.2) is 20.2 Å². The van der Waals surface area contributed by atoms with Gasteiger partial charge < -0.3 is 9.63 Å². The van der Waals surface area contributed by atoms with E-state index in [9.17, 15) is 5.11 Å². The number of nitrogens with zero attached hydrogens (tertiary/aromatic N) is 3. The molecular formula is C14H10ClN3O2. The van der Waals surface area contributed by atoms with Gasteiger partial charge in [0.15, 0.2) is 5.82 Å². The Morgan fingerprint density at radius 3 is 2.70 bits per heavy atom. The summed E-state index contributed by atoms with van der Waals surface area (Å²) in [6, 6.07) is 8.54. The molecule has 5 nitrogen and oxygen atoms in total. The van der Waals surface area contributed by atoms with Gasteiger partial charge in [0.25, 0.3) is 5.89 Å². The molecule has 3 aromatic rings. The van der Waals surface area contributed by atoms with E-state index in [1.165, 1.54) is 6.07 Å². The fraction of sp³-hybridized carbons (Fsp3) is 0.0714. The van der Waals surface area contributed by atoms with Crippen molar-refractivity contribution in [2.45, 2.75) is 6.42 Å². The first-order valence-corrected chi connectivity index (χ1v) is 6.30. The van der Waals surface area contributed by atoms with Crippen LogP contribution in [0.5, 0.6) is 5.75 Å². The molecule has 100 valence electrons. The highest BCUT2D eigenvalue weighted by atomic mass is 35.5. The summed E-state index contributed by atoms with van der Waals surface area (Å²) in [5, 5.41) is 13.6. The van der Waals surface area contributed by atoms with Crippen LogP contribution in [0.4, 0.5) is 0 Å². The van der Waals surface area contributed by atoms with Crippen LogP contribution >= 0.6 is 11.6 Å². The Hall–Kier alpha value is -2.40. The lowest BCUT2D eigenvalue weighted by Gasteiger charge is -1.97. The number of halogens is 1. The number of aromatic nitrogens is 3. The van der Waals surface area contributed by atoms with Crippen LogP contribution in [-0.2, 0) is 6.42 Å². The molecule has 0 bridgehead atoms. The average molecular weight is 288 g/mol. The molecular weight excluding hydrogens is 278 g/mol. The first kappa shape index (κ1) is 12.6. The van der Waals surface area contributed by atoms with Gasteiger partial charge >= 0.3 is 0 Å². The first-order valence-electron chi connectivity index (χ1n) is 5.93. The molecule has 0 fully saturated rings. The molecule has 6 heteroatoms. The minimum absolute atomic E-state index is 0.0203. The number of phenols is 1. The van der Waals surface area contributed by atoms with Crippen molar-refractivity contribution in [2.75, 3.05) is 0 Å². The van der Waals surface area contributed by atoms with Gasteiger partial charge in [0.05, 0.1) is 5.02 Å². The van der Waals surface area contributed by atoms with Crippen molar-refractivity contribution in [3.8, 4) is 17.2 Å². The van der Waals surface area contributed by atoms with Gasteiger partial charge in [0, 0.05) is 24.4 Å². The molecule has 1 aromatic carbocycles. The molecule has 0 radical (unpaired) electrons. The quantitative estimate of drug-likeness (QED) is 0.801. The van der Waals surface area contributed by atoms with Crippen LogP contribution in [0.3, 0.4) is 0 Å². The number of aromatic hydroxyl groups is 1. The second-order valence-electron chi connectivity index (χ2n) is 4.21. The van der Waals surface area contributed by atoms with Crippen LogP contribution in [0.25, 0.3) is 11.5 Å². The van der Waals surface area contributed by atoms with Gasteiger partial charge in [-0.15, -0.1) is 0 Å². The van der Waals surface area contributed by atoms with Crippen LogP contribution in [0.1, 0.15) is 11.4 Å². The zero-order valence-electron chi connectivity index (χ0n) is 10.3. The second-order valence-corrected chi connectivity index (χ2v) is 4.62. The van der Waals surface area contributed by atoms with Crippen LogP contribution in [0.2, 0.25) is 5.02 Å². The van der Waals surface area contributed by atoms with E-state index in [-0.39, 0.29) is 10.8 Å². The van der Waals surface area contributed by atoms with Crippen molar-refractivity contribution in [3.63, 3.8) is 0 Å². The van der Waals surface area contributed by atoms with E-state index in [0.717, 1.165) is 5.56 Å². The van der Waals surface area contributed by atoms with E-state index >= 15 is 0 Å². The third-order valence-corrected chi connectivity index (χ3v) is 3.08. The van der Waals surface area contributed by atoms with Crippen molar-refractivity contribution in [2.24, 2.45) is 0 Å². The molecule has 1 N–H and O–H groups in total. The summed E-state index contributed by atoms with van der Waals surface area (Å²) in [6.07, 6.45) is 4.00. The Labute approximate surface area is 119 Å². The number of phenolic OH excluding ortho intramolecular Hbond substituents is 1. The predicted molar refractivity (Wildman–Crippen MR) is 73.5 cm³/mol. The van der Waals surface area contributed by atoms with Gasteiger partial charge in [0.2, 0.25) is 0 Å². The molecule has 2 heterocycles. The third-order valence-electron chi connectivity index (χ3n) is 2.77. The van der Waals surface area contributed by atoms with E-state index in [2.05, 4.69) is 15.1 Å². The highest BCUT2D eigenvalue weighted by Crippen LogP contribution is 2.28. The average Bonchev–Trinajstić information content (AvgIpc) is 2.91. The molecule has 0 saturated heterocycles. The smallest absolute Gasteiger partial charge is 0.257 e. The maximum atomic E-state index is 9.39. The van der Waals surface area contributed by atoms with E-state index in [0.29, 0.717) is 23.7 Å². The lowest BCUT2D eigenvalue weighted by Crippen LogP contribution is -1.90. The van der Waals surface area contributed by atoms with Gasteiger partial charge in [-0.3, -0.25) is 4.98 Å². The Morgan fingerprint density at radius 1 is 1.15 bits per heavy atom. The third kappa shape index (κ3) is 2.62. The molecule has 0 aliphatic heterocycles. The maximum Gasteiger partial charge on any atom is 0.257 e.